The van der Waals surface area contributed by atoms with E-state index in [-0.39, 0.29) is 0 Å². The van der Waals surface area contributed by atoms with Gasteiger partial charge < -0.3 is 10.2 Å². The smallest absolute Gasteiger partial charge is 0.0366 e. The Hall–Kier alpha value is -1.02. The largest absolute Gasteiger partial charge is 0.373 e. The van der Waals surface area contributed by atoms with Crippen LogP contribution >= 0.6 is 0 Å². The second-order valence-electron chi connectivity index (χ2n) is 6.17. The summed E-state index contributed by atoms with van der Waals surface area (Å²) >= 11 is 0. The SMILES string of the molecule is Cc1cccc(N(C)CCNC2CCC(C)CC2)c1. The van der Waals surface area contributed by atoms with Crippen LogP contribution in [0.25, 0.3) is 0 Å². The molecule has 1 aliphatic carbocycles. The van der Waals surface area contributed by atoms with Crippen LogP contribution in [0.1, 0.15) is 38.2 Å². The van der Waals surface area contributed by atoms with Gasteiger partial charge >= 0.3 is 0 Å². The molecule has 106 valence electrons. The molecule has 0 bridgehead atoms. The molecule has 1 aliphatic rings. The van der Waals surface area contributed by atoms with Crippen LogP contribution in [0.15, 0.2) is 24.3 Å². The molecule has 0 atom stereocenters. The molecule has 2 nitrogen and oxygen atoms in total. The average Bonchev–Trinajstić information content (AvgIpc) is 2.41. The summed E-state index contributed by atoms with van der Waals surface area (Å²) in [4.78, 5) is 2.34. The van der Waals surface area contributed by atoms with Crippen LogP contribution in [0.4, 0.5) is 5.69 Å². The van der Waals surface area contributed by atoms with Crippen LogP contribution < -0.4 is 10.2 Å². The number of likely N-dealkylation sites (N-methyl/N-ethyl adjacent to an activating group) is 1. The van der Waals surface area contributed by atoms with Crippen LogP contribution in [-0.2, 0) is 0 Å². The van der Waals surface area contributed by atoms with Crippen molar-refractivity contribution in [3.05, 3.63) is 29.8 Å². The standard InChI is InChI=1S/C17H28N2/c1-14-7-9-16(10-8-14)18-11-12-19(3)17-6-4-5-15(2)13-17/h4-6,13-14,16,18H,7-12H2,1-3H3. The van der Waals surface area contributed by atoms with Crippen LogP contribution in [0.3, 0.4) is 0 Å². The Balaban J connectivity index is 1.70. The molecule has 1 fully saturated rings. The molecule has 1 aromatic rings. The van der Waals surface area contributed by atoms with E-state index in [1.165, 1.54) is 36.9 Å². The first kappa shape index (κ1) is 14.4. The maximum atomic E-state index is 3.72. The minimum atomic E-state index is 0.752. The molecule has 1 aromatic carbocycles. The molecule has 0 aliphatic heterocycles. The highest BCUT2D eigenvalue weighted by atomic mass is 15.1. The Morgan fingerprint density at radius 2 is 1.95 bits per heavy atom. The van der Waals surface area contributed by atoms with Gasteiger partial charge in [-0.1, -0.05) is 19.1 Å². The van der Waals surface area contributed by atoms with Gasteiger partial charge in [0.25, 0.3) is 0 Å². The predicted molar refractivity (Wildman–Crippen MR) is 83.9 cm³/mol. The van der Waals surface area contributed by atoms with Gasteiger partial charge in [-0.15, -0.1) is 0 Å². The molecule has 19 heavy (non-hydrogen) atoms. The van der Waals surface area contributed by atoms with Crippen molar-refractivity contribution < 1.29 is 0 Å². The number of hydrogen-bond donors (Lipinski definition) is 1. The lowest BCUT2D eigenvalue weighted by molar-refractivity contribution is 0.309. The molecule has 0 spiro atoms. The summed E-state index contributed by atoms with van der Waals surface area (Å²) in [5, 5.41) is 3.72. The van der Waals surface area contributed by atoms with Gasteiger partial charge in [0.1, 0.15) is 0 Å². The highest BCUT2D eigenvalue weighted by molar-refractivity contribution is 5.47. The fraction of sp³-hybridized carbons (Fsp3) is 0.647. The average molecular weight is 260 g/mol. The van der Waals surface area contributed by atoms with E-state index in [9.17, 15) is 0 Å². The number of nitrogens with one attached hydrogen (secondary N) is 1. The third-order valence-corrected chi connectivity index (χ3v) is 4.34. The maximum absolute atomic E-state index is 3.72. The van der Waals surface area contributed by atoms with Gasteiger partial charge in [0, 0.05) is 31.9 Å². The van der Waals surface area contributed by atoms with Crippen molar-refractivity contribution in [2.75, 3.05) is 25.0 Å². The molecule has 1 N–H and O–H groups in total. The van der Waals surface area contributed by atoms with Crippen LogP contribution in [0.2, 0.25) is 0 Å². The van der Waals surface area contributed by atoms with Gasteiger partial charge in [0.15, 0.2) is 0 Å². The Morgan fingerprint density at radius 1 is 1.21 bits per heavy atom. The van der Waals surface area contributed by atoms with Crippen molar-refractivity contribution in [2.45, 2.75) is 45.6 Å². The minimum Gasteiger partial charge on any atom is -0.373 e. The van der Waals surface area contributed by atoms with Crippen molar-refractivity contribution in [2.24, 2.45) is 5.92 Å². The summed E-state index contributed by atoms with van der Waals surface area (Å²) in [7, 11) is 2.18. The van der Waals surface area contributed by atoms with E-state index in [1.54, 1.807) is 0 Å². The molecular weight excluding hydrogens is 232 g/mol. The van der Waals surface area contributed by atoms with Crippen molar-refractivity contribution in [3.8, 4) is 0 Å². The minimum absolute atomic E-state index is 0.752. The van der Waals surface area contributed by atoms with Gasteiger partial charge in [-0.3, -0.25) is 0 Å². The molecule has 1 saturated carbocycles. The number of aryl methyl sites for hydroxylation is 1. The summed E-state index contributed by atoms with van der Waals surface area (Å²) in [5.74, 6) is 0.938. The second kappa shape index (κ2) is 6.95. The third-order valence-electron chi connectivity index (χ3n) is 4.34. The van der Waals surface area contributed by atoms with E-state index < -0.39 is 0 Å². The lowest BCUT2D eigenvalue weighted by Gasteiger charge is -2.28. The summed E-state index contributed by atoms with van der Waals surface area (Å²) in [6.45, 7) is 6.69. The zero-order chi connectivity index (χ0) is 13.7. The molecule has 0 amide bonds. The molecule has 2 heteroatoms. The summed E-state index contributed by atoms with van der Waals surface area (Å²) < 4.78 is 0. The monoisotopic (exact) mass is 260 g/mol. The van der Waals surface area contributed by atoms with E-state index in [1.807, 2.05) is 0 Å². The molecular formula is C17H28N2. The topological polar surface area (TPSA) is 15.3 Å². The number of benzene rings is 1. The van der Waals surface area contributed by atoms with Crippen molar-refractivity contribution in [3.63, 3.8) is 0 Å². The van der Waals surface area contributed by atoms with Gasteiger partial charge in [-0.05, 0) is 56.2 Å². The molecule has 0 radical (unpaired) electrons. The first-order valence-corrected chi connectivity index (χ1v) is 7.66. The molecule has 0 heterocycles. The lowest BCUT2D eigenvalue weighted by Crippen LogP contribution is -2.37. The number of anilines is 1. The third kappa shape index (κ3) is 4.54. The quantitative estimate of drug-likeness (QED) is 0.870. The fourth-order valence-corrected chi connectivity index (χ4v) is 2.90. The summed E-state index contributed by atoms with van der Waals surface area (Å²) in [6, 6.07) is 9.48. The van der Waals surface area contributed by atoms with Gasteiger partial charge in [-0.25, -0.2) is 0 Å². The number of nitrogens with zero attached hydrogens (tertiary/aromatic N) is 1. The number of hydrogen-bond acceptors (Lipinski definition) is 2. The summed E-state index contributed by atoms with van der Waals surface area (Å²) in [6.07, 6.45) is 5.50. The van der Waals surface area contributed by atoms with E-state index >= 15 is 0 Å². The van der Waals surface area contributed by atoms with E-state index in [0.29, 0.717) is 0 Å². The van der Waals surface area contributed by atoms with Gasteiger partial charge in [0.2, 0.25) is 0 Å². The van der Waals surface area contributed by atoms with Crippen molar-refractivity contribution >= 4 is 5.69 Å². The zero-order valence-electron chi connectivity index (χ0n) is 12.7. The lowest BCUT2D eigenvalue weighted by atomic mass is 9.87. The first-order chi connectivity index (χ1) is 9.15. The molecule has 0 saturated heterocycles. The van der Waals surface area contributed by atoms with Gasteiger partial charge in [-0.2, -0.15) is 0 Å². The van der Waals surface area contributed by atoms with E-state index in [0.717, 1.165) is 25.0 Å². The highest BCUT2D eigenvalue weighted by Crippen LogP contribution is 2.23. The first-order valence-electron chi connectivity index (χ1n) is 7.66. The number of rotatable bonds is 5. The highest BCUT2D eigenvalue weighted by Gasteiger charge is 2.17. The Morgan fingerprint density at radius 3 is 2.63 bits per heavy atom. The van der Waals surface area contributed by atoms with Crippen LogP contribution in [0.5, 0.6) is 0 Å². The van der Waals surface area contributed by atoms with Crippen LogP contribution in [-0.4, -0.2) is 26.2 Å². The molecule has 0 unspecified atom stereocenters. The summed E-state index contributed by atoms with van der Waals surface area (Å²) in [5.41, 5.74) is 2.65. The van der Waals surface area contributed by atoms with E-state index in [4.69, 9.17) is 0 Å². The second-order valence-corrected chi connectivity index (χ2v) is 6.17. The molecule has 2 rings (SSSR count). The van der Waals surface area contributed by atoms with Gasteiger partial charge in [0.05, 0.1) is 0 Å². The van der Waals surface area contributed by atoms with Crippen LogP contribution in [0, 0.1) is 12.8 Å². The van der Waals surface area contributed by atoms with Crippen molar-refractivity contribution in [1.29, 1.82) is 0 Å². The zero-order valence-corrected chi connectivity index (χ0v) is 12.7. The van der Waals surface area contributed by atoms with Crippen molar-refractivity contribution in [1.82, 2.24) is 5.32 Å². The fourth-order valence-electron chi connectivity index (χ4n) is 2.90. The molecule has 0 aromatic heterocycles. The Kier molecular flexibility index (Phi) is 5.26. The Bertz CT molecular complexity index is 381. The van der Waals surface area contributed by atoms with E-state index in [2.05, 4.69) is 55.4 Å². The predicted octanol–water partition coefficient (Wildman–Crippen LogP) is 3.60. The maximum Gasteiger partial charge on any atom is 0.0366 e. The Labute approximate surface area is 118 Å². The normalized spacial score (nSPS) is 23.3.